The van der Waals surface area contributed by atoms with Crippen molar-refractivity contribution >= 4 is 17.9 Å². The van der Waals surface area contributed by atoms with Crippen molar-refractivity contribution < 1.29 is 19.5 Å². The van der Waals surface area contributed by atoms with E-state index in [0.29, 0.717) is 11.3 Å². The van der Waals surface area contributed by atoms with Crippen LogP contribution in [0, 0.1) is 0 Å². The van der Waals surface area contributed by atoms with Gasteiger partial charge in [-0.3, -0.25) is 14.5 Å². The average molecular weight is 201 g/mol. The van der Waals surface area contributed by atoms with Crippen molar-refractivity contribution in [2.75, 3.05) is 13.1 Å². The van der Waals surface area contributed by atoms with Crippen molar-refractivity contribution in [3.05, 3.63) is 0 Å². The van der Waals surface area contributed by atoms with Crippen molar-refractivity contribution in [1.82, 2.24) is 10.2 Å². The number of hydrogen-bond acceptors (Lipinski definition) is 4. The Labute approximate surface area is 79.9 Å². The monoisotopic (exact) mass is 201 g/mol. The molecule has 0 radical (unpaired) electrons. The Hall–Kier alpha value is -1.63. The SMILES string of the molecule is NCC[C@@H]1NC(=O)N(CC(=O)O)C1=O. The Bertz CT molecular complexity index is 278. The van der Waals surface area contributed by atoms with Crippen LogP contribution in [0.1, 0.15) is 6.42 Å². The van der Waals surface area contributed by atoms with E-state index >= 15 is 0 Å². The number of carbonyl (C=O) groups excluding carboxylic acids is 2. The minimum absolute atomic E-state index is 0.262. The van der Waals surface area contributed by atoms with Gasteiger partial charge in [-0.15, -0.1) is 0 Å². The average Bonchev–Trinajstić information content (AvgIpc) is 2.33. The van der Waals surface area contributed by atoms with Gasteiger partial charge in [-0.05, 0) is 13.0 Å². The number of imide groups is 1. The summed E-state index contributed by atoms with van der Waals surface area (Å²) in [5.41, 5.74) is 5.22. The normalized spacial score (nSPS) is 21.2. The van der Waals surface area contributed by atoms with Crippen LogP contribution in [-0.4, -0.2) is 47.0 Å². The fourth-order valence-electron chi connectivity index (χ4n) is 1.22. The third-order valence-corrected chi connectivity index (χ3v) is 1.86. The Kier molecular flexibility index (Phi) is 3.03. The maximum absolute atomic E-state index is 11.4. The summed E-state index contributed by atoms with van der Waals surface area (Å²) in [4.78, 5) is 33.4. The number of carbonyl (C=O) groups is 3. The van der Waals surface area contributed by atoms with E-state index in [1.54, 1.807) is 0 Å². The Morgan fingerprint density at radius 3 is 2.71 bits per heavy atom. The maximum atomic E-state index is 11.4. The van der Waals surface area contributed by atoms with Gasteiger partial charge in [0.05, 0.1) is 0 Å². The fourth-order valence-corrected chi connectivity index (χ4v) is 1.22. The van der Waals surface area contributed by atoms with E-state index in [4.69, 9.17) is 10.8 Å². The number of rotatable bonds is 4. The van der Waals surface area contributed by atoms with Crippen LogP contribution in [0.5, 0.6) is 0 Å². The second-order valence-corrected chi connectivity index (χ2v) is 2.90. The zero-order valence-corrected chi connectivity index (χ0v) is 7.40. The van der Waals surface area contributed by atoms with Gasteiger partial charge in [-0.1, -0.05) is 0 Å². The number of urea groups is 1. The molecule has 1 aliphatic heterocycles. The summed E-state index contributed by atoms with van der Waals surface area (Å²) >= 11 is 0. The number of nitrogens with zero attached hydrogens (tertiary/aromatic N) is 1. The van der Waals surface area contributed by atoms with Crippen LogP contribution in [0.25, 0.3) is 0 Å². The molecule has 4 N–H and O–H groups in total. The standard InChI is InChI=1S/C7H11N3O4/c8-2-1-4-6(13)10(3-5(11)12)7(14)9-4/h4H,1-3,8H2,(H,9,14)(H,11,12)/t4-/m0/s1. The summed E-state index contributed by atoms with van der Waals surface area (Å²) in [6, 6.07) is -1.34. The molecule has 0 unspecified atom stereocenters. The van der Waals surface area contributed by atoms with Crippen LogP contribution in [0.4, 0.5) is 4.79 Å². The van der Waals surface area contributed by atoms with Gasteiger partial charge in [0.15, 0.2) is 0 Å². The summed E-state index contributed by atoms with van der Waals surface area (Å²) < 4.78 is 0. The first kappa shape index (κ1) is 10.5. The first-order chi connectivity index (χ1) is 6.56. The van der Waals surface area contributed by atoms with Crippen LogP contribution >= 0.6 is 0 Å². The number of nitrogens with two attached hydrogens (primary N) is 1. The first-order valence-corrected chi connectivity index (χ1v) is 4.10. The molecule has 1 fully saturated rings. The minimum Gasteiger partial charge on any atom is -0.480 e. The molecular formula is C7H11N3O4. The van der Waals surface area contributed by atoms with Crippen molar-refractivity contribution in [2.45, 2.75) is 12.5 Å². The van der Waals surface area contributed by atoms with E-state index in [-0.39, 0.29) is 6.54 Å². The molecule has 7 nitrogen and oxygen atoms in total. The van der Waals surface area contributed by atoms with E-state index in [9.17, 15) is 14.4 Å². The third-order valence-electron chi connectivity index (χ3n) is 1.86. The van der Waals surface area contributed by atoms with Crippen molar-refractivity contribution in [2.24, 2.45) is 5.73 Å². The highest BCUT2D eigenvalue weighted by molar-refractivity contribution is 6.05. The molecule has 1 rings (SSSR count). The van der Waals surface area contributed by atoms with Gasteiger partial charge in [0.1, 0.15) is 12.6 Å². The van der Waals surface area contributed by atoms with Crippen molar-refractivity contribution in [3.63, 3.8) is 0 Å². The predicted molar refractivity (Wildman–Crippen MR) is 45.3 cm³/mol. The van der Waals surface area contributed by atoms with E-state index in [1.165, 1.54) is 0 Å². The summed E-state index contributed by atoms with van der Waals surface area (Å²) in [5.74, 6) is -1.75. The maximum Gasteiger partial charge on any atom is 0.325 e. The van der Waals surface area contributed by atoms with E-state index in [2.05, 4.69) is 5.32 Å². The summed E-state index contributed by atoms with van der Waals surface area (Å²) in [6.07, 6.45) is 0.320. The Morgan fingerprint density at radius 2 is 2.21 bits per heavy atom. The lowest BCUT2D eigenvalue weighted by Crippen LogP contribution is -2.36. The van der Waals surface area contributed by atoms with Crippen LogP contribution in [0.15, 0.2) is 0 Å². The number of carboxylic acids is 1. The lowest BCUT2D eigenvalue weighted by molar-refractivity contribution is -0.141. The third kappa shape index (κ3) is 1.99. The predicted octanol–water partition coefficient (Wildman–Crippen LogP) is -1.66. The zero-order valence-electron chi connectivity index (χ0n) is 7.40. The van der Waals surface area contributed by atoms with Crippen LogP contribution in [-0.2, 0) is 9.59 Å². The highest BCUT2D eigenvalue weighted by Gasteiger charge is 2.38. The van der Waals surface area contributed by atoms with Gasteiger partial charge < -0.3 is 16.2 Å². The second kappa shape index (κ2) is 4.05. The molecule has 0 saturated carbocycles. The molecule has 1 heterocycles. The molecule has 78 valence electrons. The molecule has 14 heavy (non-hydrogen) atoms. The largest absolute Gasteiger partial charge is 0.480 e. The molecule has 3 amide bonds. The first-order valence-electron chi connectivity index (χ1n) is 4.10. The summed E-state index contributed by atoms with van der Waals surface area (Å²) in [7, 11) is 0. The van der Waals surface area contributed by atoms with Gasteiger partial charge in [0, 0.05) is 0 Å². The summed E-state index contributed by atoms with van der Waals surface area (Å²) in [6.45, 7) is -0.344. The fraction of sp³-hybridized carbons (Fsp3) is 0.571. The smallest absolute Gasteiger partial charge is 0.325 e. The molecule has 0 aromatic carbocycles. The van der Waals surface area contributed by atoms with E-state index < -0.39 is 30.5 Å². The second-order valence-electron chi connectivity index (χ2n) is 2.90. The highest BCUT2D eigenvalue weighted by Crippen LogP contribution is 2.07. The Balaban J connectivity index is 2.65. The van der Waals surface area contributed by atoms with Gasteiger partial charge in [0.25, 0.3) is 5.91 Å². The number of carboxylic acid groups (broad SMARTS) is 1. The van der Waals surface area contributed by atoms with Gasteiger partial charge in [-0.25, -0.2) is 4.79 Å². The number of amides is 3. The molecule has 0 aliphatic carbocycles. The number of nitrogens with one attached hydrogen (secondary N) is 1. The van der Waals surface area contributed by atoms with Crippen LogP contribution in [0.3, 0.4) is 0 Å². The molecule has 7 heteroatoms. The molecule has 1 saturated heterocycles. The van der Waals surface area contributed by atoms with Crippen molar-refractivity contribution in [1.29, 1.82) is 0 Å². The minimum atomic E-state index is -1.22. The van der Waals surface area contributed by atoms with Gasteiger partial charge >= 0.3 is 12.0 Å². The van der Waals surface area contributed by atoms with Crippen LogP contribution in [0.2, 0.25) is 0 Å². The van der Waals surface area contributed by atoms with Crippen molar-refractivity contribution in [3.8, 4) is 0 Å². The number of hydrogen-bond donors (Lipinski definition) is 3. The number of aliphatic carboxylic acids is 1. The lowest BCUT2D eigenvalue weighted by atomic mass is 10.2. The summed E-state index contributed by atoms with van der Waals surface area (Å²) in [5, 5.41) is 10.8. The molecule has 0 aromatic heterocycles. The van der Waals surface area contributed by atoms with Gasteiger partial charge in [-0.2, -0.15) is 0 Å². The quantitative estimate of drug-likeness (QED) is 0.471. The lowest BCUT2D eigenvalue weighted by Gasteiger charge is -2.08. The van der Waals surface area contributed by atoms with E-state index in [1.807, 2.05) is 0 Å². The zero-order chi connectivity index (χ0) is 10.7. The molecule has 0 aromatic rings. The van der Waals surface area contributed by atoms with E-state index in [0.717, 1.165) is 0 Å². The van der Waals surface area contributed by atoms with Gasteiger partial charge in [0.2, 0.25) is 0 Å². The molecular weight excluding hydrogens is 190 g/mol. The Morgan fingerprint density at radius 1 is 1.57 bits per heavy atom. The molecule has 0 spiro atoms. The molecule has 0 bridgehead atoms. The highest BCUT2D eigenvalue weighted by atomic mass is 16.4. The van der Waals surface area contributed by atoms with Crippen LogP contribution < -0.4 is 11.1 Å². The molecule has 1 atom stereocenters. The molecule has 1 aliphatic rings. The topological polar surface area (TPSA) is 113 Å².